The second-order valence-electron chi connectivity index (χ2n) is 25.4. The zero-order valence-corrected chi connectivity index (χ0v) is 62.3. The van der Waals surface area contributed by atoms with Crippen molar-refractivity contribution in [1.29, 1.82) is 0 Å². The van der Waals surface area contributed by atoms with Crippen LogP contribution in [0.4, 0.5) is 0 Å². The number of phenolic OH excluding ortho intramolecular Hbond substituents is 4. The number of phenols is 4. The van der Waals surface area contributed by atoms with Crippen LogP contribution in [0.15, 0.2) is 110 Å². The fourth-order valence-corrected chi connectivity index (χ4v) is 12.4. The summed E-state index contributed by atoms with van der Waals surface area (Å²) in [5.74, 6) is -8.39. The minimum absolute atomic E-state index is 0.0959. The minimum atomic E-state index is -1.13. The van der Waals surface area contributed by atoms with E-state index >= 15 is 0 Å². The zero-order valence-electron chi connectivity index (χ0n) is 56.3. The summed E-state index contributed by atoms with van der Waals surface area (Å²) in [5, 5.41) is 91.6. The van der Waals surface area contributed by atoms with Crippen molar-refractivity contribution in [3.63, 3.8) is 0 Å². The lowest BCUT2D eigenvalue weighted by Gasteiger charge is -2.19. The molecule has 556 valence electrons. The van der Waals surface area contributed by atoms with Gasteiger partial charge in [0.25, 0.3) is 0 Å². The molecule has 40 heteroatoms. The van der Waals surface area contributed by atoms with Gasteiger partial charge in [-0.2, -0.15) is 0 Å². The van der Waals surface area contributed by atoms with Gasteiger partial charge in [-0.15, -0.1) is 20.4 Å². The van der Waals surface area contributed by atoms with E-state index in [0.717, 1.165) is 18.5 Å². The van der Waals surface area contributed by atoms with Crippen molar-refractivity contribution in [3.05, 3.63) is 195 Å². The van der Waals surface area contributed by atoms with Gasteiger partial charge < -0.3 is 50.1 Å². The number of nitrogens with one attached hydrogen (secondary N) is 2. The summed E-state index contributed by atoms with van der Waals surface area (Å²) in [5.41, 5.74) is -1.09. The number of benzene rings is 4. The van der Waals surface area contributed by atoms with Gasteiger partial charge in [-0.25, -0.2) is 18.7 Å². The maximum atomic E-state index is 14.1. The van der Waals surface area contributed by atoms with Gasteiger partial charge in [-0.3, -0.25) is 47.5 Å². The van der Waals surface area contributed by atoms with E-state index in [-0.39, 0.29) is 122 Å². The smallest absolute Gasteiger partial charge is 0.328 e. The van der Waals surface area contributed by atoms with Crippen LogP contribution in [0.25, 0.3) is 56.4 Å². The molecule has 4 aromatic carbocycles. The number of ketones is 4. The van der Waals surface area contributed by atoms with Gasteiger partial charge in [0.1, 0.15) is 125 Å². The third-order valence-corrected chi connectivity index (χ3v) is 18.2. The van der Waals surface area contributed by atoms with E-state index in [1.807, 2.05) is 0 Å². The van der Waals surface area contributed by atoms with E-state index < -0.39 is 94.3 Å². The van der Waals surface area contributed by atoms with E-state index in [1.54, 1.807) is 41.5 Å². The maximum Gasteiger partial charge on any atom is 0.328 e. The summed E-state index contributed by atoms with van der Waals surface area (Å²) in [6.45, 7) is 9.17. The number of esters is 2. The van der Waals surface area contributed by atoms with Crippen molar-refractivity contribution in [2.45, 2.75) is 78.9 Å². The number of rotatable bonds is 22. The number of hydrogen-bond donors (Lipinski definition) is 8. The van der Waals surface area contributed by atoms with Crippen LogP contribution in [-0.2, 0) is 54.8 Å². The molecule has 0 spiro atoms. The first-order valence-corrected chi connectivity index (χ1v) is 34.1. The highest BCUT2D eigenvalue weighted by Gasteiger charge is 2.34. The first-order chi connectivity index (χ1) is 50.8. The lowest BCUT2D eigenvalue weighted by atomic mass is 10.0. The lowest BCUT2D eigenvalue weighted by Crippen LogP contribution is -2.26. The Kier molecular flexibility index (Phi) is 22.2. The Bertz CT molecular complexity index is 5330. The van der Waals surface area contributed by atoms with Crippen LogP contribution in [0.2, 0.25) is 40.7 Å². The molecule has 0 saturated carbocycles. The Hall–Kier alpha value is -11.4. The number of carboxylic acids is 2. The number of carbonyl (C=O) groups is 8. The van der Waals surface area contributed by atoms with Gasteiger partial charge >= 0.3 is 23.9 Å². The number of hydrogen-bond acceptors (Lipinski definition) is 22. The molecular weight excluding hydrogens is 1580 g/mol. The molecule has 0 aliphatic rings. The Morgan fingerprint density at radius 1 is 0.398 bits per heavy atom. The maximum absolute atomic E-state index is 14.1. The third kappa shape index (κ3) is 16.7. The second-order valence-corrected chi connectivity index (χ2v) is 28.4. The van der Waals surface area contributed by atoms with Crippen LogP contribution in [0.5, 0.6) is 23.0 Å². The second kappa shape index (κ2) is 30.8. The van der Waals surface area contributed by atoms with Crippen LogP contribution in [0.1, 0.15) is 106 Å². The highest BCUT2D eigenvalue weighted by Crippen LogP contribution is 2.44. The van der Waals surface area contributed by atoms with Gasteiger partial charge in [0.15, 0.2) is 0 Å². The quantitative estimate of drug-likeness (QED) is 0.0231. The predicted molar refractivity (Wildman–Crippen MR) is 390 cm³/mol. The summed E-state index contributed by atoms with van der Waals surface area (Å²) in [6, 6.07) is 18.6. The number of aromatic nitrogens is 16. The average molecular weight is 1630 g/mol. The highest BCUT2D eigenvalue weighted by molar-refractivity contribution is 6.46. The van der Waals surface area contributed by atoms with Crippen LogP contribution in [0, 0.1) is 0 Å². The summed E-state index contributed by atoms with van der Waals surface area (Å²) < 4.78 is 17.5. The number of aliphatic carboxylic acids is 2. The monoisotopic (exact) mass is 1630 g/mol. The van der Waals surface area contributed by atoms with Crippen molar-refractivity contribution < 1.29 is 78.5 Å². The Morgan fingerprint density at radius 3 is 0.926 bits per heavy atom. The topological polar surface area (TPSA) is 441 Å². The van der Waals surface area contributed by atoms with Crippen molar-refractivity contribution in [2.75, 3.05) is 0 Å². The lowest BCUT2D eigenvalue weighted by molar-refractivity contribution is -0.157. The molecule has 0 saturated heterocycles. The normalized spacial score (nSPS) is 11.5. The molecule has 0 aliphatic heterocycles. The molecule has 0 aliphatic carbocycles. The fourth-order valence-electron chi connectivity index (χ4n) is 10.7. The molecule has 0 radical (unpaired) electrons. The van der Waals surface area contributed by atoms with Crippen molar-refractivity contribution in [1.82, 2.24) is 79.1 Å². The van der Waals surface area contributed by atoms with Gasteiger partial charge in [0.05, 0.1) is 79.8 Å². The number of aromatic amines is 2. The predicted octanol–water partition coefficient (Wildman–Crippen LogP) is 12.5. The number of carbonyl (C=O) groups excluding carboxylic acids is 6. The molecule has 0 amide bonds. The van der Waals surface area contributed by atoms with E-state index in [0.29, 0.717) is 33.6 Å². The molecule has 32 nitrogen and oxygen atoms in total. The number of halogens is 8. The molecule has 8 N–H and O–H groups in total. The van der Waals surface area contributed by atoms with Crippen molar-refractivity contribution >= 4 is 140 Å². The third-order valence-electron chi connectivity index (χ3n) is 15.2. The Labute approximate surface area is 647 Å². The molecule has 12 aromatic rings. The SMILES string of the molecule is CC(C)(C)OC(=O)Cn1cc(-c2ccc(C(=O)c3[nH]c(Cl)c(Cl)c3-n3c(C(=O)c4ccc(-c5cn(CC(=O)OC(C)(C)C)nn5)cc4O)cc(Cl)c3Cl)c(O)c2)nn1.O=C(O)Cn1cc(-c2ccc(C(=O)c3[nH]c(Cl)c(Cl)c3-n3c(C(=O)c4ccc(-c5cn(CC(=O)O)nn5)cc4O)cc(Cl)c3Cl)c(O)c2)nn1. The van der Waals surface area contributed by atoms with Crippen molar-refractivity contribution in [2.24, 2.45) is 0 Å². The number of carboxylic acid groups (broad SMARTS) is 2. The largest absolute Gasteiger partial charge is 0.507 e. The summed E-state index contributed by atoms with van der Waals surface area (Å²) in [6.07, 6.45) is 5.65. The van der Waals surface area contributed by atoms with Gasteiger partial charge in [0, 0.05) is 22.3 Å². The summed E-state index contributed by atoms with van der Waals surface area (Å²) in [4.78, 5) is 108. The number of H-pyrrole nitrogens is 2. The van der Waals surface area contributed by atoms with Crippen LogP contribution in [0.3, 0.4) is 0 Å². The van der Waals surface area contributed by atoms with Gasteiger partial charge in [-0.05, 0) is 102 Å². The molecular formula is C68H52Cl8N16O16. The molecule has 0 atom stereocenters. The van der Waals surface area contributed by atoms with Crippen molar-refractivity contribution in [3.8, 4) is 79.4 Å². The van der Waals surface area contributed by atoms with E-state index in [2.05, 4.69) is 51.2 Å². The Morgan fingerprint density at radius 2 is 0.667 bits per heavy atom. The van der Waals surface area contributed by atoms with Crippen LogP contribution < -0.4 is 0 Å². The highest BCUT2D eigenvalue weighted by atomic mass is 35.5. The standard InChI is InChI=1S/C38H34Cl4N8O8.C30H18Cl4N8O8/c1-37(2,3)57-28(53)16-48-14-23(44-46-48)18-7-9-20(26(51)11-18)33(55)25-13-22(39)36(42)50(25)32-30(40)35(41)43-31(32)34(56)21-10-8-19(12-27(21)52)24-15-49(47-45-24)17-29(54)58-38(4,5)6;31-16-7-19(27(49)14-3-1-12(5-20(14)43)17-8-40(38-36-17)10-22(45)46)42(30(16)34)26-24(32)29(33)35-25(26)28(50)15-4-2-13(6-21(15)44)18-9-41(39-37-18)11-23(47)48/h7-15,43,51-52H,16-17H2,1-6H3;1-9,35,43-44H,10-11H2,(H,45,46)(H,47,48). The van der Waals surface area contributed by atoms with Crippen LogP contribution in [-0.4, -0.2) is 168 Å². The van der Waals surface area contributed by atoms with Gasteiger partial charge in [-0.1, -0.05) is 138 Å². The summed E-state index contributed by atoms with van der Waals surface area (Å²) >= 11 is 51.9. The molecule has 0 fully saturated rings. The number of aromatic hydroxyl groups is 4. The van der Waals surface area contributed by atoms with Crippen LogP contribution >= 0.6 is 92.8 Å². The number of ether oxygens (including phenoxy) is 2. The van der Waals surface area contributed by atoms with E-state index in [9.17, 15) is 58.8 Å². The fraction of sp³-hybridized carbons (Fsp3) is 0.176. The van der Waals surface area contributed by atoms with E-state index in [4.69, 9.17) is 112 Å². The average Bonchev–Trinajstić information content (AvgIpc) is 1.59. The molecule has 8 aromatic heterocycles. The number of nitrogens with zero attached hydrogens (tertiary/aromatic N) is 14. The first kappa shape index (κ1) is 77.7. The summed E-state index contributed by atoms with van der Waals surface area (Å²) in [7, 11) is 0. The zero-order chi connectivity index (χ0) is 78.4. The molecule has 12 rings (SSSR count). The minimum Gasteiger partial charge on any atom is -0.507 e. The molecule has 8 heterocycles. The molecule has 0 unspecified atom stereocenters. The molecule has 0 bridgehead atoms. The first-order valence-electron chi connectivity index (χ1n) is 31.1. The molecule has 108 heavy (non-hydrogen) atoms. The van der Waals surface area contributed by atoms with Gasteiger partial charge in [0.2, 0.25) is 23.1 Å². The van der Waals surface area contributed by atoms with E-state index in [1.165, 1.54) is 119 Å². The Balaban J connectivity index is 0.000000217.